The van der Waals surface area contributed by atoms with Crippen molar-refractivity contribution in [3.63, 3.8) is 0 Å². The fraction of sp³-hybridized carbons (Fsp3) is 0.278. The molecule has 0 spiro atoms. The van der Waals surface area contributed by atoms with E-state index in [1.807, 2.05) is 11.0 Å². The molecule has 0 radical (unpaired) electrons. The number of hydrogen-bond donors (Lipinski definition) is 0. The van der Waals surface area contributed by atoms with Crippen LogP contribution in [0.25, 0.3) is 0 Å². The topological polar surface area (TPSA) is 20.3 Å². The molecule has 20 heavy (non-hydrogen) atoms. The number of benzene rings is 2. The Bertz CT molecular complexity index is 616. The van der Waals surface area contributed by atoms with Gasteiger partial charge in [0.15, 0.2) is 0 Å². The van der Waals surface area contributed by atoms with Crippen LogP contribution in [0.15, 0.2) is 48.5 Å². The van der Waals surface area contributed by atoms with Gasteiger partial charge < -0.3 is 4.90 Å². The predicted octanol–water partition coefficient (Wildman–Crippen LogP) is 3.86. The van der Waals surface area contributed by atoms with Gasteiger partial charge in [0.05, 0.1) is 6.54 Å². The van der Waals surface area contributed by atoms with Crippen LogP contribution in [0.1, 0.15) is 29.5 Å². The van der Waals surface area contributed by atoms with E-state index in [0.29, 0.717) is 13.0 Å². The summed E-state index contributed by atoms with van der Waals surface area (Å²) in [6.07, 6.45) is 2.58. The summed E-state index contributed by atoms with van der Waals surface area (Å²) < 4.78 is 0. The summed E-state index contributed by atoms with van der Waals surface area (Å²) in [5.41, 5.74) is 4.79. The number of carbonyl (C=O) groups is 1. The third-order valence-electron chi connectivity index (χ3n) is 3.88. The largest absolute Gasteiger partial charge is 0.308 e. The lowest BCUT2D eigenvalue weighted by molar-refractivity contribution is -0.118. The number of para-hydroxylation sites is 1. The van der Waals surface area contributed by atoms with Crippen LogP contribution in [0.3, 0.4) is 0 Å². The molecule has 2 aromatic carbocycles. The molecule has 2 nitrogen and oxygen atoms in total. The van der Waals surface area contributed by atoms with E-state index in [1.54, 1.807) is 0 Å². The second-order valence-electron chi connectivity index (χ2n) is 5.45. The summed E-state index contributed by atoms with van der Waals surface area (Å²) in [5.74, 6) is 0.232. The number of fused-ring (bicyclic) bond motifs is 1. The predicted molar refractivity (Wildman–Crippen MR) is 81.7 cm³/mol. The van der Waals surface area contributed by atoms with E-state index in [-0.39, 0.29) is 5.91 Å². The minimum absolute atomic E-state index is 0.232. The van der Waals surface area contributed by atoms with Gasteiger partial charge in [0.25, 0.3) is 0 Å². The molecule has 0 fully saturated rings. The van der Waals surface area contributed by atoms with Crippen molar-refractivity contribution < 1.29 is 4.79 Å². The number of hydrogen-bond acceptors (Lipinski definition) is 1. The number of amides is 1. The molecule has 0 aromatic heterocycles. The molecule has 1 aliphatic rings. The van der Waals surface area contributed by atoms with Crippen molar-refractivity contribution in [1.82, 2.24) is 0 Å². The standard InChI is InChI=1S/C18H19NO/c1-14-9-11-15(12-10-14)13-19-17-7-3-2-5-16(17)6-4-8-18(19)20/h2-3,5,7,9-12H,4,6,8,13H2,1H3. The lowest BCUT2D eigenvalue weighted by atomic mass is 10.1. The second kappa shape index (κ2) is 5.49. The van der Waals surface area contributed by atoms with Gasteiger partial charge in [0.2, 0.25) is 5.91 Å². The third-order valence-corrected chi connectivity index (χ3v) is 3.88. The maximum absolute atomic E-state index is 12.4. The monoisotopic (exact) mass is 265 g/mol. The van der Waals surface area contributed by atoms with Crippen LogP contribution in [-0.2, 0) is 17.8 Å². The molecule has 0 saturated heterocycles. The molecule has 0 atom stereocenters. The fourth-order valence-corrected chi connectivity index (χ4v) is 2.73. The molecule has 1 aliphatic heterocycles. The molecule has 0 N–H and O–H groups in total. The van der Waals surface area contributed by atoms with Gasteiger partial charge in [-0.3, -0.25) is 4.79 Å². The molecular formula is C18H19NO. The first-order chi connectivity index (χ1) is 9.74. The van der Waals surface area contributed by atoms with E-state index >= 15 is 0 Å². The fourth-order valence-electron chi connectivity index (χ4n) is 2.73. The second-order valence-corrected chi connectivity index (χ2v) is 5.45. The van der Waals surface area contributed by atoms with Crippen molar-refractivity contribution in [2.45, 2.75) is 32.7 Å². The Labute approximate surface area is 120 Å². The minimum atomic E-state index is 0.232. The normalized spacial score (nSPS) is 14.8. The average molecular weight is 265 g/mol. The lowest BCUT2D eigenvalue weighted by Gasteiger charge is -2.23. The summed E-state index contributed by atoms with van der Waals surface area (Å²) in [7, 11) is 0. The highest BCUT2D eigenvalue weighted by Gasteiger charge is 2.21. The highest BCUT2D eigenvalue weighted by Crippen LogP contribution is 2.28. The molecule has 2 aromatic rings. The van der Waals surface area contributed by atoms with Crippen LogP contribution >= 0.6 is 0 Å². The van der Waals surface area contributed by atoms with Gasteiger partial charge in [0.1, 0.15) is 0 Å². The Morgan fingerprint density at radius 3 is 2.55 bits per heavy atom. The van der Waals surface area contributed by atoms with E-state index < -0.39 is 0 Å². The number of carbonyl (C=O) groups excluding carboxylic acids is 1. The van der Waals surface area contributed by atoms with Gasteiger partial charge in [-0.1, -0.05) is 48.0 Å². The van der Waals surface area contributed by atoms with Crippen LogP contribution in [0, 0.1) is 6.92 Å². The van der Waals surface area contributed by atoms with Crippen LogP contribution in [0.2, 0.25) is 0 Å². The van der Waals surface area contributed by atoms with Gasteiger partial charge in [-0.2, -0.15) is 0 Å². The first-order valence-electron chi connectivity index (χ1n) is 7.18. The van der Waals surface area contributed by atoms with Gasteiger partial charge in [-0.05, 0) is 37.0 Å². The van der Waals surface area contributed by atoms with Crippen LogP contribution in [0.4, 0.5) is 5.69 Å². The smallest absolute Gasteiger partial charge is 0.227 e. The summed E-state index contributed by atoms with van der Waals surface area (Å²) in [6.45, 7) is 2.74. The Morgan fingerprint density at radius 2 is 1.75 bits per heavy atom. The molecule has 102 valence electrons. The summed E-state index contributed by atoms with van der Waals surface area (Å²) in [6, 6.07) is 16.7. The Balaban J connectivity index is 1.94. The van der Waals surface area contributed by atoms with Gasteiger partial charge in [-0.15, -0.1) is 0 Å². The van der Waals surface area contributed by atoms with E-state index in [0.717, 1.165) is 18.5 Å². The Kier molecular flexibility index (Phi) is 3.55. The van der Waals surface area contributed by atoms with Crippen molar-refractivity contribution in [3.8, 4) is 0 Å². The maximum atomic E-state index is 12.4. The van der Waals surface area contributed by atoms with Crippen LogP contribution in [0.5, 0.6) is 0 Å². The molecule has 0 bridgehead atoms. The van der Waals surface area contributed by atoms with Crippen LogP contribution < -0.4 is 4.90 Å². The summed E-state index contributed by atoms with van der Waals surface area (Å²) in [4.78, 5) is 14.3. The molecule has 3 rings (SSSR count). The Hall–Kier alpha value is -2.09. The van der Waals surface area contributed by atoms with Crippen LogP contribution in [-0.4, -0.2) is 5.91 Å². The number of rotatable bonds is 2. The SMILES string of the molecule is Cc1ccc(CN2C(=O)CCCc3ccccc32)cc1. The quantitative estimate of drug-likeness (QED) is 0.807. The first-order valence-corrected chi connectivity index (χ1v) is 7.18. The average Bonchev–Trinajstić information content (AvgIpc) is 2.62. The first kappa shape index (κ1) is 12.9. The van der Waals surface area contributed by atoms with E-state index in [9.17, 15) is 4.79 Å². The zero-order valence-electron chi connectivity index (χ0n) is 11.8. The van der Waals surface area contributed by atoms with Crippen molar-refractivity contribution in [3.05, 3.63) is 65.2 Å². The number of nitrogens with zero attached hydrogens (tertiary/aromatic N) is 1. The maximum Gasteiger partial charge on any atom is 0.227 e. The molecule has 1 heterocycles. The van der Waals surface area contributed by atoms with E-state index in [2.05, 4.69) is 49.4 Å². The summed E-state index contributed by atoms with van der Waals surface area (Å²) in [5, 5.41) is 0. The number of anilines is 1. The molecular weight excluding hydrogens is 246 g/mol. The molecule has 0 saturated carbocycles. The highest BCUT2D eigenvalue weighted by molar-refractivity contribution is 5.94. The van der Waals surface area contributed by atoms with Crippen molar-refractivity contribution >= 4 is 11.6 Å². The van der Waals surface area contributed by atoms with Gasteiger partial charge >= 0.3 is 0 Å². The highest BCUT2D eigenvalue weighted by atomic mass is 16.2. The minimum Gasteiger partial charge on any atom is -0.308 e. The van der Waals surface area contributed by atoms with E-state index in [1.165, 1.54) is 16.7 Å². The third kappa shape index (κ3) is 2.60. The van der Waals surface area contributed by atoms with Gasteiger partial charge in [0, 0.05) is 12.1 Å². The molecule has 1 amide bonds. The van der Waals surface area contributed by atoms with Gasteiger partial charge in [-0.25, -0.2) is 0 Å². The number of aryl methyl sites for hydroxylation is 2. The zero-order chi connectivity index (χ0) is 13.9. The van der Waals surface area contributed by atoms with Crippen molar-refractivity contribution in [2.75, 3.05) is 4.90 Å². The summed E-state index contributed by atoms with van der Waals surface area (Å²) >= 11 is 0. The molecule has 0 unspecified atom stereocenters. The molecule has 0 aliphatic carbocycles. The molecule has 2 heteroatoms. The van der Waals surface area contributed by atoms with Crippen molar-refractivity contribution in [2.24, 2.45) is 0 Å². The van der Waals surface area contributed by atoms with Crippen molar-refractivity contribution in [1.29, 1.82) is 0 Å². The lowest BCUT2D eigenvalue weighted by Crippen LogP contribution is -2.29. The zero-order valence-corrected chi connectivity index (χ0v) is 11.8. The Morgan fingerprint density at radius 1 is 1.00 bits per heavy atom. The van der Waals surface area contributed by atoms with E-state index in [4.69, 9.17) is 0 Å².